The first-order valence-corrected chi connectivity index (χ1v) is 7.35. The quantitative estimate of drug-likeness (QED) is 0.544. The predicted octanol–water partition coefficient (Wildman–Crippen LogP) is 4.29. The molecule has 4 nitrogen and oxygen atoms in total. The number of cyclic esters (lactones) is 1. The third kappa shape index (κ3) is 2.84. The predicted molar refractivity (Wildman–Crippen MR) is 81.1 cm³/mol. The number of rotatable bonds is 2. The zero-order valence-corrected chi connectivity index (χ0v) is 13.4. The molecule has 1 aliphatic heterocycles. The van der Waals surface area contributed by atoms with Crippen LogP contribution in [-0.4, -0.2) is 11.9 Å². The van der Waals surface area contributed by atoms with Gasteiger partial charge in [-0.25, -0.2) is 14.2 Å². The Balaban J connectivity index is 1.97. The molecule has 7 heteroatoms. The van der Waals surface area contributed by atoms with Crippen molar-refractivity contribution in [1.82, 2.24) is 0 Å². The van der Waals surface area contributed by atoms with E-state index in [1.54, 1.807) is 18.2 Å². The first-order valence-electron chi connectivity index (χ1n) is 5.77. The van der Waals surface area contributed by atoms with Gasteiger partial charge in [0.15, 0.2) is 10.4 Å². The summed E-state index contributed by atoms with van der Waals surface area (Å²) in [4.78, 5) is 15.8. The molecule has 2 heterocycles. The lowest BCUT2D eigenvalue weighted by atomic mass is 10.2. The van der Waals surface area contributed by atoms with E-state index in [9.17, 15) is 9.18 Å². The number of furan rings is 1. The maximum atomic E-state index is 13.7. The lowest BCUT2D eigenvalue weighted by Gasteiger charge is -1.99. The molecule has 106 valence electrons. The minimum atomic E-state index is -0.656. The Morgan fingerprint density at radius 1 is 1.24 bits per heavy atom. The van der Waals surface area contributed by atoms with Crippen molar-refractivity contribution in [2.75, 3.05) is 0 Å². The van der Waals surface area contributed by atoms with Gasteiger partial charge in [-0.2, -0.15) is 0 Å². The van der Waals surface area contributed by atoms with Crippen molar-refractivity contribution in [3.63, 3.8) is 0 Å². The van der Waals surface area contributed by atoms with Crippen LogP contribution >= 0.6 is 31.9 Å². The summed E-state index contributed by atoms with van der Waals surface area (Å²) in [5.74, 6) is -0.807. The molecule has 0 radical (unpaired) electrons. The largest absolute Gasteiger partial charge is 0.449 e. The Labute approximate surface area is 135 Å². The van der Waals surface area contributed by atoms with E-state index in [2.05, 4.69) is 36.9 Å². The summed E-state index contributed by atoms with van der Waals surface area (Å²) in [7, 11) is 0. The molecule has 0 spiro atoms. The molecular formula is C14H6Br2FNO3. The van der Waals surface area contributed by atoms with Crippen LogP contribution in [-0.2, 0) is 9.53 Å². The summed E-state index contributed by atoms with van der Waals surface area (Å²) < 4.78 is 25.2. The zero-order chi connectivity index (χ0) is 15.0. The molecule has 1 aliphatic rings. The molecule has 0 saturated carbocycles. The van der Waals surface area contributed by atoms with Crippen molar-refractivity contribution >= 4 is 49.8 Å². The average Bonchev–Trinajstić information content (AvgIpc) is 2.95. The average molecular weight is 415 g/mol. The molecule has 0 fully saturated rings. The highest BCUT2D eigenvalue weighted by Gasteiger charge is 2.26. The van der Waals surface area contributed by atoms with Crippen molar-refractivity contribution in [3.8, 4) is 0 Å². The van der Waals surface area contributed by atoms with E-state index in [1.165, 1.54) is 18.2 Å². The maximum absolute atomic E-state index is 13.7. The summed E-state index contributed by atoms with van der Waals surface area (Å²) >= 11 is 6.46. The molecule has 0 saturated heterocycles. The van der Waals surface area contributed by atoms with Crippen molar-refractivity contribution in [1.29, 1.82) is 0 Å². The number of hydrogen-bond donors (Lipinski definition) is 0. The molecule has 21 heavy (non-hydrogen) atoms. The number of hydrogen-bond acceptors (Lipinski definition) is 4. The minimum absolute atomic E-state index is 0.0435. The van der Waals surface area contributed by atoms with E-state index >= 15 is 0 Å². The highest BCUT2D eigenvalue weighted by molar-refractivity contribution is 9.13. The monoisotopic (exact) mass is 413 g/mol. The summed E-state index contributed by atoms with van der Waals surface area (Å²) in [5.41, 5.74) is 0.179. The van der Waals surface area contributed by atoms with Crippen LogP contribution in [0.2, 0.25) is 0 Å². The number of carbonyl (C=O) groups is 1. The topological polar surface area (TPSA) is 51.8 Å². The minimum Gasteiger partial charge on any atom is -0.449 e. The standard InChI is InChI=1S/C14H6Br2FNO3/c15-9-5-7(20-12(9)16)6-11-14(19)21-13(18-11)8-3-1-2-4-10(8)17/h1-6H. The van der Waals surface area contributed by atoms with E-state index in [0.717, 1.165) is 0 Å². The van der Waals surface area contributed by atoms with Crippen LogP contribution in [0.1, 0.15) is 11.3 Å². The molecule has 0 N–H and O–H groups in total. The number of aliphatic imine (C=N–C) groups is 1. The van der Waals surface area contributed by atoms with Crippen LogP contribution in [0.5, 0.6) is 0 Å². The molecule has 0 atom stereocenters. The van der Waals surface area contributed by atoms with Gasteiger partial charge in [-0.05, 0) is 50.1 Å². The molecule has 0 aliphatic carbocycles. The van der Waals surface area contributed by atoms with Crippen molar-refractivity contribution in [2.24, 2.45) is 4.99 Å². The van der Waals surface area contributed by atoms with Gasteiger partial charge >= 0.3 is 5.97 Å². The first kappa shape index (κ1) is 14.2. The number of benzene rings is 1. The number of halogens is 3. The van der Waals surface area contributed by atoms with Gasteiger partial charge in [0.1, 0.15) is 11.6 Å². The fourth-order valence-corrected chi connectivity index (χ4v) is 2.34. The maximum Gasteiger partial charge on any atom is 0.363 e. The Kier molecular flexibility index (Phi) is 3.77. The summed E-state index contributed by atoms with van der Waals surface area (Å²) in [5, 5.41) is 0. The van der Waals surface area contributed by atoms with E-state index < -0.39 is 11.8 Å². The van der Waals surface area contributed by atoms with Gasteiger partial charge < -0.3 is 9.15 Å². The Hall–Kier alpha value is -1.73. The lowest BCUT2D eigenvalue weighted by Crippen LogP contribution is -2.07. The van der Waals surface area contributed by atoms with Crippen molar-refractivity contribution in [3.05, 3.63) is 62.3 Å². The zero-order valence-electron chi connectivity index (χ0n) is 10.3. The molecule has 0 unspecified atom stereocenters. The Morgan fingerprint density at radius 3 is 2.67 bits per heavy atom. The molecule has 3 rings (SSSR count). The smallest absolute Gasteiger partial charge is 0.363 e. The molecular weight excluding hydrogens is 409 g/mol. The third-order valence-electron chi connectivity index (χ3n) is 2.67. The molecule has 1 aromatic heterocycles. The fraction of sp³-hybridized carbons (Fsp3) is 0. The van der Waals surface area contributed by atoms with Gasteiger partial charge in [-0.1, -0.05) is 12.1 Å². The summed E-state index contributed by atoms with van der Waals surface area (Å²) in [6, 6.07) is 7.61. The van der Waals surface area contributed by atoms with E-state index in [-0.39, 0.29) is 17.2 Å². The van der Waals surface area contributed by atoms with Gasteiger partial charge in [-0.15, -0.1) is 0 Å². The van der Waals surface area contributed by atoms with Crippen LogP contribution < -0.4 is 0 Å². The van der Waals surface area contributed by atoms with Crippen LogP contribution in [0.3, 0.4) is 0 Å². The number of ether oxygens (including phenoxy) is 1. The number of nitrogens with zero attached hydrogens (tertiary/aromatic N) is 1. The summed E-state index contributed by atoms with van der Waals surface area (Å²) in [6.07, 6.45) is 1.42. The van der Waals surface area contributed by atoms with E-state index in [4.69, 9.17) is 9.15 Å². The van der Waals surface area contributed by atoms with Gasteiger partial charge in [0.2, 0.25) is 5.90 Å². The Bertz CT molecular complexity index is 776. The van der Waals surface area contributed by atoms with Crippen molar-refractivity contribution < 1.29 is 18.3 Å². The van der Waals surface area contributed by atoms with Crippen LogP contribution in [0.4, 0.5) is 4.39 Å². The van der Waals surface area contributed by atoms with Crippen LogP contribution in [0.25, 0.3) is 6.08 Å². The fourth-order valence-electron chi connectivity index (χ4n) is 1.73. The second-order valence-corrected chi connectivity index (χ2v) is 5.66. The Morgan fingerprint density at radius 2 is 2.00 bits per heavy atom. The molecule has 2 aromatic rings. The van der Waals surface area contributed by atoms with Crippen molar-refractivity contribution in [2.45, 2.75) is 0 Å². The number of esters is 1. The molecule has 1 aromatic carbocycles. The van der Waals surface area contributed by atoms with Crippen LogP contribution in [0, 0.1) is 5.82 Å². The van der Waals surface area contributed by atoms with Gasteiger partial charge in [0.05, 0.1) is 10.0 Å². The van der Waals surface area contributed by atoms with Gasteiger partial charge in [0, 0.05) is 6.08 Å². The molecule has 0 amide bonds. The van der Waals surface area contributed by atoms with Crippen LogP contribution in [0.15, 0.2) is 54.6 Å². The SMILES string of the molecule is O=C1OC(c2ccccc2F)=NC1=Cc1cc(Br)c(Br)o1. The highest BCUT2D eigenvalue weighted by Crippen LogP contribution is 2.29. The van der Waals surface area contributed by atoms with E-state index in [0.29, 0.717) is 14.9 Å². The second-order valence-electron chi connectivity index (χ2n) is 4.09. The van der Waals surface area contributed by atoms with E-state index in [1.807, 2.05) is 0 Å². The normalized spacial score (nSPS) is 16.2. The highest BCUT2D eigenvalue weighted by atomic mass is 79.9. The van der Waals surface area contributed by atoms with Gasteiger partial charge in [0.25, 0.3) is 0 Å². The number of carbonyl (C=O) groups excluding carboxylic acids is 1. The third-order valence-corrected chi connectivity index (χ3v) is 4.38. The lowest BCUT2D eigenvalue weighted by molar-refractivity contribution is -0.129. The van der Waals surface area contributed by atoms with Gasteiger partial charge in [-0.3, -0.25) is 0 Å². The molecule has 0 bridgehead atoms. The first-order chi connectivity index (χ1) is 10.0. The summed E-state index contributed by atoms with van der Waals surface area (Å²) in [6.45, 7) is 0. The second kappa shape index (κ2) is 5.57.